The molecule has 0 spiro atoms. The number of non-ortho nitro benzene ring substituents is 1. The lowest BCUT2D eigenvalue weighted by Crippen LogP contribution is -2.08. The summed E-state index contributed by atoms with van der Waals surface area (Å²) in [5.41, 5.74) is -2.31. The summed E-state index contributed by atoms with van der Waals surface area (Å²) in [6.07, 6.45) is -4.74. The fourth-order valence-corrected chi connectivity index (χ4v) is 2.61. The minimum Gasteiger partial charge on any atom is -0.258 e. The Labute approximate surface area is 137 Å². The number of halogens is 6. The van der Waals surface area contributed by atoms with Gasteiger partial charge in [-0.1, -0.05) is 34.8 Å². The quantitative estimate of drug-likeness (QED) is 0.357. The minimum atomic E-state index is -4.74. The summed E-state index contributed by atoms with van der Waals surface area (Å²) in [6.45, 7) is 0. The van der Waals surface area contributed by atoms with Gasteiger partial charge in [0.25, 0.3) is 5.69 Å². The third-order valence-electron chi connectivity index (χ3n) is 2.83. The maximum absolute atomic E-state index is 13.1. The summed E-state index contributed by atoms with van der Waals surface area (Å²) in [5, 5.41) is 10.5. The lowest BCUT2D eigenvalue weighted by molar-refractivity contribution is -0.384. The van der Waals surface area contributed by atoms with Gasteiger partial charge >= 0.3 is 6.18 Å². The summed E-state index contributed by atoms with van der Waals surface area (Å²) in [7, 11) is 0. The van der Waals surface area contributed by atoms with Gasteiger partial charge in [-0.05, 0) is 18.2 Å². The molecule has 0 fully saturated rings. The molecule has 0 aliphatic heterocycles. The van der Waals surface area contributed by atoms with E-state index >= 15 is 0 Å². The van der Waals surface area contributed by atoms with Crippen LogP contribution in [0, 0.1) is 10.1 Å². The monoisotopic (exact) mass is 369 g/mol. The predicted octanol–water partition coefficient (Wildman–Crippen LogP) is 6.24. The van der Waals surface area contributed by atoms with E-state index in [4.69, 9.17) is 34.8 Å². The van der Waals surface area contributed by atoms with Crippen LogP contribution in [0.1, 0.15) is 5.56 Å². The Morgan fingerprint density at radius 1 is 1.00 bits per heavy atom. The van der Waals surface area contributed by atoms with Crippen molar-refractivity contribution >= 4 is 40.5 Å². The van der Waals surface area contributed by atoms with Crippen LogP contribution in [0.4, 0.5) is 18.9 Å². The van der Waals surface area contributed by atoms with Crippen LogP contribution in [0.2, 0.25) is 15.1 Å². The second-order valence-corrected chi connectivity index (χ2v) is 5.40. The molecule has 0 aliphatic carbocycles. The van der Waals surface area contributed by atoms with Crippen LogP contribution in [0.3, 0.4) is 0 Å². The fraction of sp³-hybridized carbons (Fsp3) is 0.0769. The lowest BCUT2D eigenvalue weighted by Gasteiger charge is -2.15. The highest BCUT2D eigenvalue weighted by molar-refractivity contribution is 6.46. The van der Waals surface area contributed by atoms with Crippen molar-refractivity contribution in [1.82, 2.24) is 0 Å². The highest BCUT2D eigenvalue weighted by atomic mass is 35.5. The Bertz CT molecular complexity index is 763. The van der Waals surface area contributed by atoms with Gasteiger partial charge in [0.05, 0.1) is 25.6 Å². The first-order valence-electron chi connectivity index (χ1n) is 5.62. The van der Waals surface area contributed by atoms with Crippen molar-refractivity contribution in [1.29, 1.82) is 0 Å². The molecule has 0 unspecified atom stereocenters. The predicted molar refractivity (Wildman–Crippen MR) is 78.6 cm³/mol. The number of nitro groups is 1. The number of rotatable bonds is 2. The van der Waals surface area contributed by atoms with Crippen LogP contribution in [0.5, 0.6) is 0 Å². The molecule has 116 valence electrons. The highest BCUT2D eigenvalue weighted by Gasteiger charge is 2.35. The molecule has 0 heterocycles. The molecule has 0 saturated heterocycles. The molecule has 0 amide bonds. The van der Waals surface area contributed by atoms with E-state index in [1.54, 1.807) is 0 Å². The SMILES string of the molecule is O=[N+]([O-])c1ccc(C(F)(F)F)c(-c2c(Cl)ccc(Cl)c2Cl)c1. The maximum atomic E-state index is 13.1. The van der Waals surface area contributed by atoms with Crippen molar-refractivity contribution in [2.24, 2.45) is 0 Å². The van der Waals surface area contributed by atoms with Crippen molar-refractivity contribution < 1.29 is 18.1 Å². The Morgan fingerprint density at radius 2 is 1.59 bits per heavy atom. The summed E-state index contributed by atoms with van der Waals surface area (Å²) in [5.74, 6) is 0. The summed E-state index contributed by atoms with van der Waals surface area (Å²) < 4.78 is 39.4. The van der Waals surface area contributed by atoms with Gasteiger partial charge in [0.2, 0.25) is 0 Å². The van der Waals surface area contributed by atoms with Gasteiger partial charge < -0.3 is 0 Å². The topological polar surface area (TPSA) is 43.1 Å². The zero-order chi connectivity index (χ0) is 16.7. The molecule has 22 heavy (non-hydrogen) atoms. The smallest absolute Gasteiger partial charge is 0.258 e. The van der Waals surface area contributed by atoms with Crippen LogP contribution < -0.4 is 0 Å². The number of alkyl halides is 3. The van der Waals surface area contributed by atoms with Crippen molar-refractivity contribution in [2.45, 2.75) is 6.18 Å². The third kappa shape index (κ3) is 3.14. The van der Waals surface area contributed by atoms with Gasteiger partial charge in [-0.25, -0.2) is 0 Å². The van der Waals surface area contributed by atoms with Crippen LogP contribution in [-0.4, -0.2) is 4.92 Å². The van der Waals surface area contributed by atoms with E-state index in [2.05, 4.69) is 0 Å². The van der Waals surface area contributed by atoms with E-state index in [1.165, 1.54) is 12.1 Å². The lowest BCUT2D eigenvalue weighted by atomic mass is 9.98. The number of nitro benzene ring substituents is 1. The Kier molecular flexibility index (Phi) is 4.56. The van der Waals surface area contributed by atoms with E-state index in [-0.39, 0.29) is 20.6 Å². The first kappa shape index (κ1) is 16.9. The van der Waals surface area contributed by atoms with Gasteiger partial charge in [0.15, 0.2) is 0 Å². The van der Waals surface area contributed by atoms with E-state index in [0.29, 0.717) is 6.07 Å². The number of benzene rings is 2. The van der Waals surface area contributed by atoms with Crippen molar-refractivity contribution in [3.8, 4) is 11.1 Å². The highest BCUT2D eigenvalue weighted by Crippen LogP contribution is 2.45. The van der Waals surface area contributed by atoms with E-state index in [1.807, 2.05) is 0 Å². The van der Waals surface area contributed by atoms with Crippen molar-refractivity contribution in [3.63, 3.8) is 0 Å². The zero-order valence-electron chi connectivity index (χ0n) is 10.4. The molecule has 0 N–H and O–H groups in total. The summed E-state index contributed by atoms with van der Waals surface area (Å²) >= 11 is 17.6. The Morgan fingerprint density at radius 3 is 2.14 bits per heavy atom. The van der Waals surface area contributed by atoms with Gasteiger partial charge in [0.1, 0.15) is 0 Å². The second-order valence-electron chi connectivity index (χ2n) is 4.20. The Hall–Kier alpha value is -1.50. The number of hydrogen-bond acceptors (Lipinski definition) is 2. The Balaban J connectivity index is 2.86. The molecule has 9 heteroatoms. The molecular weight excluding hydrogens is 366 g/mol. The van der Waals surface area contributed by atoms with E-state index in [9.17, 15) is 23.3 Å². The van der Waals surface area contributed by atoms with E-state index < -0.39 is 27.9 Å². The van der Waals surface area contributed by atoms with Crippen molar-refractivity contribution in [3.05, 3.63) is 61.1 Å². The maximum Gasteiger partial charge on any atom is 0.417 e. The molecule has 0 bridgehead atoms. The van der Waals surface area contributed by atoms with Gasteiger partial charge in [-0.3, -0.25) is 10.1 Å². The average Bonchev–Trinajstić information content (AvgIpc) is 2.42. The molecule has 0 radical (unpaired) electrons. The van der Waals surface area contributed by atoms with Crippen LogP contribution in [-0.2, 0) is 6.18 Å². The standard InChI is InChI=1S/C13H5Cl3F3NO2/c14-9-3-4-10(15)12(16)11(9)7-5-6(20(21)22)1-2-8(7)13(17,18)19/h1-5H. The first-order chi connectivity index (χ1) is 10.1. The molecule has 3 nitrogen and oxygen atoms in total. The minimum absolute atomic E-state index is 0.0132. The van der Waals surface area contributed by atoms with Gasteiger partial charge in [0, 0.05) is 23.3 Å². The van der Waals surface area contributed by atoms with Gasteiger partial charge in [-0.2, -0.15) is 13.2 Å². The third-order valence-corrected chi connectivity index (χ3v) is 3.95. The average molecular weight is 371 g/mol. The van der Waals surface area contributed by atoms with Crippen LogP contribution >= 0.6 is 34.8 Å². The van der Waals surface area contributed by atoms with Crippen LogP contribution in [0.25, 0.3) is 11.1 Å². The number of nitrogens with zero attached hydrogens (tertiary/aromatic N) is 1. The normalized spacial score (nSPS) is 11.5. The van der Waals surface area contributed by atoms with Gasteiger partial charge in [-0.15, -0.1) is 0 Å². The zero-order valence-corrected chi connectivity index (χ0v) is 12.7. The molecular formula is C13H5Cl3F3NO2. The largest absolute Gasteiger partial charge is 0.417 e. The molecule has 0 aliphatic rings. The van der Waals surface area contributed by atoms with E-state index in [0.717, 1.165) is 12.1 Å². The van der Waals surface area contributed by atoms with Crippen LogP contribution in [0.15, 0.2) is 30.3 Å². The fourth-order valence-electron chi connectivity index (χ4n) is 1.87. The second kappa shape index (κ2) is 5.95. The summed E-state index contributed by atoms with van der Waals surface area (Å²) in [4.78, 5) is 10.0. The molecule has 0 atom stereocenters. The van der Waals surface area contributed by atoms with Crippen molar-refractivity contribution in [2.75, 3.05) is 0 Å². The molecule has 2 rings (SSSR count). The molecule has 0 aromatic heterocycles. The number of hydrogen-bond donors (Lipinski definition) is 0. The summed E-state index contributed by atoms with van der Waals surface area (Å²) in [6, 6.07) is 4.73. The molecule has 0 saturated carbocycles. The first-order valence-corrected chi connectivity index (χ1v) is 6.76. The molecule has 2 aromatic carbocycles. The molecule has 2 aromatic rings.